The van der Waals surface area contributed by atoms with Crippen LogP contribution in [0.4, 0.5) is 0 Å². The highest BCUT2D eigenvalue weighted by atomic mass is 16.5. The van der Waals surface area contributed by atoms with Crippen molar-refractivity contribution in [2.45, 2.75) is 20.5 Å². The summed E-state index contributed by atoms with van der Waals surface area (Å²) in [7, 11) is 0. The Kier molecular flexibility index (Phi) is 5.36. The van der Waals surface area contributed by atoms with Crippen LogP contribution in [0.1, 0.15) is 40.1 Å². The molecule has 0 aromatic heterocycles. The van der Waals surface area contributed by atoms with Gasteiger partial charge in [0.05, 0.1) is 6.61 Å². The lowest BCUT2D eigenvalue weighted by atomic mass is 10.1. The summed E-state index contributed by atoms with van der Waals surface area (Å²) < 4.78 is 11.3. The molecule has 0 saturated carbocycles. The number of Topliss-reactive ketones (excluding diaryl/α,β-unsaturated/α-hetero) is 1. The van der Waals surface area contributed by atoms with Gasteiger partial charge in [0, 0.05) is 16.7 Å². The molecule has 120 valence electrons. The molecule has 2 N–H and O–H groups in total. The lowest BCUT2D eigenvalue weighted by Crippen LogP contribution is -2.10. The van der Waals surface area contributed by atoms with Gasteiger partial charge in [-0.3, -0.25) is 9.59 Å². The highest BCUT2D eigenvalue weighted by Crippen LogP contribution is 2.23. The minimum Gasteiger partial charge on any atom is -0.493 e. The van der Waals surface area contributed by atoms with Gasteiger partial charge >= 0.3 is 0 Å². The second-order valence-electron chi connectivity index (χ2n) is 4.99. The zero-order valence-corrected chi connectivity index (χ0v) is 13.2. The van der Waals surface area contributed by atoms with Gasteiger partial charge in [0.1, 0.15) is 18.1 Å². The van der Waals surface area contributed by atoms with Crippen LogP contribution >= 0.6 is 0 Å². The fourth-order valence-corrected chi connectivity index (χ4v) is 2.08. The van der Waals surface area contributed by atoms with Crippen LogP contribution in [0, 0.1) is 0 Å². The first-order valence-electron chi connectivity index (χ1n) is 7.30. The predicted octanol–water partition coefficient (Wildman–Crippen LogP) is 2.97. The van der Waals surface area contributed by atoms with E-state index in [0.717, 1.165) is 5.56 Å². The SMILES string of the molecule is CCOc1ccc(C(C)=O)cc1COc1ccc(C(N)=O)cc1. The molecule has 0 radical (unpaired) electrons. The Balaban J connectivity index is 2.16. The Morgan fingerprint density at radius 1 is 1.00 bits per heavy atom. The molecule has 23 heavy (non-hydrogen) atoms. The van der Waals surface area contributed by atoms with E-state index in [4.69, 9.17) is 15.2 Å². The highest BCUT2D eigenvalue weighted by molar-refractivity contribution is 5.94. The number of hydrogen-bond donors (Lipinski definition) is 1. The molecule has 2 rings (SSSR count). The van der Waals surface area contributed by atoms with E-state index in [9.17, 15) is 9.59 Å². The summed E-state index contributed by atoms with van der Waals surface area (Å²) in [6.07, 6.45) is 0. The van der Waals surface area contributed by atoms with Crippen LogP contribution in [0.2, 0.25) is 0 Å². The van der Waals surface area contributed by atoms with Crippen molar-refractivity contribution >= 4 is 11.7 Å². The third-order valence-corrected chi connectivity index (χ3v) is 3.30. The number of rotatable bonds is 7. The second kappa shape index (κ2) is 7.45. The first-order chi connectivity index (χ1) is 11.0. The van der Waals surface area contributed by atoms with Crippen molar-refractivity contribution < 1.29 is 19.1 Å². The van der Waals surface area contributed by atoms with E-state index in [2.05, 4.69) is 0 Å². The first-order valence-corrected chi connectivity index (χ1v) is 7.30. The number of nitrogens with two attached hydrogens (primary N) is 1. The quantitative estimate of drug-likeness (QED) is 0.797. The lowest BCUT2D eigenvalue weighted by molar-refractivity contribution is 0.0996. The molecule has 2 aromatic rings. The van der Waals surface area contributed by atoms with E-state index in [1.807, 2.05) is 6.92 Å². The molecule has 5 heteroatoms. The summed E-state index contributed by atoms with van der Waals surface area (Å²) >= 11 is 0. The van der Waals surface area contributed by atoms with Crippen molar-refractivity contribution in [1.29, 1.82) is 0 Å². The number of amides is 1. The van der Waals surface area contributed by atoms with Crippen molar-refractivity contribution in [3.8, 4) is 11.5 Å². The van der Waals surface area contributed by atoms with Crippen LogP contribution < -0.4 is 15.2 Å². The Bertz CT molecular complexity index is 707. The van der Waals surface area contributed by atoms with Crippen molar-refractivity contribution in [3.05, 3.63) is 59.2 Å². The predicted molar refractivity (Wildman–Crippen MR) is 86.9 cm³/mol. The number of hydrogen-bond acceptors (Lipinski definition) is 4. The van der Waals surface area contributed by atoms with Crippen LogP contribution in [0.25, 0.3) is 0 Å². The second-order valence-corrected chi connectivity index (χ2v) is 4.99. The fraction of sp³-hybridized carbons (Fsp3) is 0.222. The van der Waals surface area contributed by atoms with E-state index in [0.29, 0.717) is 29.2 Å². The molecule has 0 unspecified atom stereocenters. The molecular weight excluding hydrogens is 294 g/mol. The molecule has 0 aliphatic carbocycles. The maximum Gasteiger partial charge on any atom is 0.248 e. The summed E-state index contributed by atoms with van der Waals surface area (Å²) in [5.41, 5.74) is 7.02. The van der Waals surface area contributed by atoms with Gasteiger partial charge in [0.2, 0.25) is 5.91 Å². The van der Waals surface area contributed by atoms with E-state index in [-0.39, 0.29) is 12.4 Å². The normalized spacial score (nSPS) is 10.2. The van der Waals surface area contributed by atoms with Gasteiger partial charge in [-0.05, 0) is 56.3 Å². The zero-order valence-electron chi connectivity index (χ0n) is 13.2. The summed E-state index contributed by atoms with van der Waals surface area (Å²) in [5.74, 6) is 0.793. The van der Waals surface area contributed by atoms with Gasteiger partial charge in [-0.15, -0.1) is 0 Å². The van der Waals surface area contributed by atoms with Crippen LogP contribution in [0.5, 0.6) is 11.5 Å². The van der Waals surface area contributed by atoms with Crippen LogP contribution in [-0.2, 0) is 6.61 Å². The standard InChI is InChI=1S/C18H19NO4/c1-3-22-17-9-6-14(12(2)20)10-15(17)11-23-16-7-4-13(5-8-16)18(19)21/h4-10H,3,11H2,1-2H3,(H2,19,21). The van der Waals surface area contributed by atoms with Crippen LogP contribution in [-0.4, -0.2) is 18.3 Å². The summed E-state index contributed by atoms with van der Waals surface area (Å²) in [4.78, 5) is 22.6. The van der Waals surface area contributed by atoms with Gasteiger partial charge in [-0.2, -0.15) is 0 Å². The Morgan fingerprint density at radius 2 is 1.65 bits per heavy atom. The number of primary amides is 1. The number of ether oxygens (including phenoxy) is 2. The molecule has 5 nitrogen and oxygen atoms in total. The molecule has 0 bridgehead atoms. The van der Waals surface area contributed by atoms with Crippen molar-refractivity contribution in [1.82, 2.24) is 0 Å². The highest BCUT2D eigenvalue weighted by Gasteiger charge is 2.09. The third kappa shape index (κ3) is 4.32. The van der Waals surface area contributed by atoms with Crippen LogP contribution in [0.3, 0.4) is 0 Å². The maximum absolute atomic E-state index is 11.5. The van der Waals surface area contributed by atoms with Crippen molar-refractivity contribution in [2.75, 3.05) is 6.61 Å². The molecular formula is C18H19NO4. The summed E-state index contributed by atoms with van der Waals surface area (Å²) in [6.45, 7) is 4.20. The molecule has 1 amide bonds. The van der Waals surface area contributed by atoms with Gasteiger partial charge in [-0.1, -0.05) is 0 Å². The number of carbonyl (C=O) groups is 2. The fourth-order valence-electron chi connectivity index (χ4n) is 2.08. The van der Waals surface area contributed by atoms with Gasteiger partial charge in [-0.25, -0.2) is 0 Å². The molecule has 0 fully saturated rings. The molecule has 0 atom stereocenters. The van der Waals surface area contributed by atoms with Crippen molar-refractivity contribution in [2.24, 2.45) is 5.73 Å². The van der Waals surface area contributed by atoms with Gasteiger partial charge in [0.15, 0.2) is 5.78 Å². The van der Waals surface area contributed by atoms with E-state index in [1.165, 1.54) is 6.92 Å². The smallest absolute Gasteiger partial charge is 0.248 e. The maximum atomic E-state index is 11.5. The number of benzene rings is 2. The largest absolute Gasteiger partial charge is 0.493 e. The monoisotopic (exact) mass is 313 g/mol. The Hall–Kier alpha value is -2.82. The van der Waals surface area contributed by atoms with Crippen molar-refractivity contribution in [3.63, 3.8) is 0 Å². The van der Waals surface area contributed by atoms with E-state index in [1.54, 1.807) is 42.5 Å². The van der Waals surface area contributed by atoms with Crippen LogP contribution in [0.15, 0.2) is 42.5 Å². The number of carbonyl (C=O) groups excluding carboxylic acids is 2. The average Bonchev–Trinajstić information content (AvgIpc) is 2.54. The molecule has 0 aliphatic heterocycles. The van der Waals surface area contributed by atoms with Gasteiger partial charge in [0.25, 0.3) is 0 Å². The molecule has 0 heterocycles. The zero-order chi connectivity index (χ0) is 16.8. The first kappa shape index (κ1) is 16.5. The average molecular weight is 313 g/mol. The molecule has 0 saturated heterocycles. The molecule has 0 aliphatic rings. The lowest BCUT2D eigenvalue weighted by Gasteiger charge is -2.13. The molecule has 0 spiro atoms. The topological polar surface area (TPSA) is 78.6 Å². The Labute approximate surface area is 135 Å². The van der Waals surface area contributed by atoms with E-state index >= 15 is 0 Å². The third-order valence-electron chi connectivity index (χ3n) is 3.30. The summed E-state index contributed by atoms with van der Waals surface area (Å²) in [6, 6.07) is 11.8. The van der Waals surface area contributed by atoms with Gasteiger partial charge < -0.3 is 15.2 Å². The number of ketones is 1. The minimum absolute atomic E-state index is 0.0138. The molecule has 2 aromatic carbocycles. The van der Waals surface area contributed by atoms with E-state index < -0.39 is 5.91 Å². The summed E-state index contributed by atoms with van der Waals surface area (Å²) in [5, 5.41) is 0. The Morgan fingerprint density at radius 3 is 2.22 bits per heavy atom. The minimum atomic E-state index is -0.482.